The number of phosphoric acid groups is 2. The van der Waals surface area contributed by atoms with E-state index in [9.17, 15) is 43.2 Å². The molecule has 0 aliphatic rings. The average molecular weight is 1500 g/mol. The summed E-state index contributed by atoms with van der Waals surface area (Å²) >= 11 is 0. The SMILES string of the molecule is CC/C=C\C/C=C\C/C=C\C/C=C\CCCCC(=O)OCC(COP(=O)(O)OCC(O)COP(=O)(O)OCC(COC(=O)CCCCCCCC/C=C\C/C=C\C/C=C\CCCCC)OC(=O)CCCCCCC/C=C\C/C=C\C/C=C\CC)OC(=O)CCCCCCC/C=C\C/C=C\CCCCC. The topological polar surface area (TPSA) is 237 Å². The molecule has 5 unspecified atom stereocenters. The van der Waals surface area contributed by atoms with Gasteiger partial charge in [0.1, 0.15) is 19.3 Å². The van der Waals surface area contributed by atoms with Crippen LogP contribution in [0.2, 0.25) is 0 Å². The number of phosphoric ester groups is 2. The van der Waals surface area contributed by atoms with E-state index in [1.165, 1.54) is 38.5 Å². The number of carbonyl (C=O) groups excluding carboxylic acids is 4. The highest BCUT2D eigenvalue weighted by atomic mass is 31.2. The van der Waals surface area contributed by atoms with Crippen molar-refractivity contribution < 1.29 is 80.2 Å². The lowest BCUT2D eigenvalue weighted by atomic mass is 10.1. The van der Waals surface area contributed by atoms with Gasteiger partial charge in [-0.2, -0.15) is 0 Å². The number of rotatable bonds is 74. The van der Waals surface area contributed by atoms with Gasteiger partial charge in [0.25, 0.3) is 0 Å². The van der Waals surface area contributed by atoms with E-state index in [0.29, 0.717) is 25.7 Å². The van der Waals surface area contributed by atoms with E-state index in [1.807, 2.05) is 0 Å². The third kappa shape index (κ3) is 75.2. The van der Waals surface area contributed by atoms with Crippen LogP contribution in [-0.2, 0) is 65.4 Å². The monoisotopic (exact) mass is 1500 g/mol. The molecule has 0 aromatic carbocycles. The summed E-state index contributed by atoms with van der Waals surface area (Å²) in [7, 11) is -9.99. The Morgan fingerprint density at radius 3 is 0.788 bits per heavy atom. The van der Waals surface area contributed by atoms with Gasteiger partial charge >= 0.3 is 39.5 Å². The molecule has 0 aliphatic heterocycles. The minimum atomic E-state index is -5.00. The van der Waals surface area contributed by atoms with Crippen molar-refractivity contribution in [1.29, 1.82) is 0 Å². The van der Waals surface area contributed by atoms with Gasteiger partial charge < -0.3 is 33.8 Å². The fourth-order valence-corrected chi connectivity index (χ4v) is 11.8. The lowest BCUT2D eigenvalue weighted by molar-refractivity contribution is -0.161. The number of aliphatic hydroxyl groups is 1. The Morgan fingerprint density at radius 1 is 0.279 bits per heavy atom. The summed E-state index contributed by atoms with van der Waals surface area (Å²) in [6, 6.07) is 0. The van der Waals surface area contributed by atoms with E-state index < -0.39 is 97.5 Å². The Balaban J connectivity index is 5.43. The first-order chi connectivity index (χ1) is 50.7. The summed E-state index contributed by atoms with van der Waals surface area (Å²) in [5.41, 5.74) is 0. The maximum atomic E-state index is 13.1. The molecule has 19 heteroatoms. The number of allylic oxidation sites excluding steroid dienone is 24. The maximum Gasteiger partial charge on any atom is 0.472 e. The highest BCUT2D eigenvalue weighted by Gasteiger charge is 2.30. The molecule has 0 aromatic rings. The Morgan fingerprint density at radius 2 is 0.500 bits per heavy atom. The van der Waals surface area contributed by atoms with Gasteiger partial charge in [-0.15, -0.1) is 0 Å². The van der Waals surface area contributed by atoms with Crippen molar-refractivity contribution in [3.63, 3.8) is 0 Å². The third-order valence-corrected chi connectivity index (χ3v) is 18.2. The second kappa shape index (κ2) is 76.1. The summed E-state index contributed by atoms with van der Waals surface area (Å²) in [6.45, 7) is 4.50. The lowest BCUT2D eigenvalue weighted by Crippen LogP contribution is -2.30. The molecule has 0 amide bonds. The first-order valence-electron chi connectivity index (χ1n) is 40.1. The van der Waals surface area contributed by atoms with Gasteiger partial charge in [-0.1, -0.05) is 263 Å². The molecule has 5 atom stereocenters. The number of aliphatic hydroxyl groups excluding tert-OH is 1. The van der Waals surface area contributed by atoms with Crippen LogP contribution in [0, 0.1) is 0 Å². The molecule has 3 N–H and O–H groups in total. The van der Waals surface area contributed by atoms with Crippen LogP contribution in [0.15, 0.2) is 146 Å². The van der Waals surface area contributed by atoms with Crippen LogP contribution in [0.4, 0.5) is 0 Å². The highest BCUT2D eigenvalue weighted by molar-refractivity contribution is 7.47. The van der Waals surface area contributed by atoms with Gasteiger partial charge in [-0.25, -0.2) is 9.13 Å². The van der Waals surface area contributed by atoms with E-state index in [2.05, 4.69) is 174 Å². The molecule has 0 aromatic heterocycles. The van der Waals surface area contributed by atoms with Crippen LogP contribution >= 0.6 is 15.6 Å². The predicted molar refractivity (Wildman–Crippen MR) is 427 cm³/mol. The van der Waals surface area contributed by atoms with Gasteiger partial charge in [-0.05, 0) is 167 Å². The summed E-state index contributed by atoms with van der Waals surface area (Å²) in [6.07, 6.45) is 86.8. The number of carbonyl (C=O) groups is 4. The van der Waals surface area contributed by atoms with Crippen molar-refractivity contribution in [3.8, 4) is 0 Å². The lowest BCUT2D eigenvalue weighted by Gasteiger charge is -2.21. The molecule has 0 bridgehead atoms. The molecular weight excluding hydrogens is 1350 g/mol. The molecule has 0 radical (unpaired) electrons. The zero-order valence-electron chi connectivity index (χ0n) is 64.9. The Bertz CT molecular complexity index is 2540. The fourth-order valence-electron chi connectivity index (χ4n) is 10.2. The van der Waals surface area contributed by atoms with Crippen molar-refractivity contribution in [3.05, 3.63) is 146 Å². The zero-order valence-corrected chi connectivity index (χ0v) is 66.7. The van der Waals surface area contributed by atoms with E-state index >= 15 is 0 Å². The van der Waals surface area contributed by atoms with Crippen LogP contribution < -0.4 is 0 Å². The number of hydrogen-bond acceptors (Lipinski definition) is 15. The summed E-state index contributed by atoms with van der Waals surface area (Å²) in [5.74, 6) is -2.27. The summed E-state index contributed by atoms with van der Waals surface area (Å²) < 4.78 is 68.6. The van der Waals surface area contributed by atoms with Gasteiger partial charge in [0.2, 0.25) is 0 Å². The summed E-state index contributed by atoms with van der Waals surface area (Å²) in [4.78, 5) is 73.0. The molecule has 594 valence electrons. The fraction of sp³-hybridized carbons (Fsp3) is 0.671. The van der Waals surface area contributed by atoms with Crippen LogP contribution in [0.1, 0.15) is 310 Å². The van der Waals surface area contributed by atoms with E-state index in [4.69, 9.17) is 37.0 Å². The number of hydrogen-bond donors (Lipinski definition) is 3. The van der Waals surface area contributed by atoms with Crippen LogP contribution in [0.3, 0.4) is 0 Å². The molecule has 0 rings (SSSR count). The second-order valence-corrected chi connectivity index (χ2v) is 29.1. The average Bonchev–Trinajstić information content (AvgIpc) is 0.912. The molecule has 104 heavy (non-hydrogen) atoms. The largest absolute Gasteiger partial charge is 0.472 e. The first kappa shape index (κ1) is 98.9. The van der Waals surface area contributed by atoms with Crippen molar-refractivity contribution in [1.82, 2.24) is 0 Å². The van der Waals surface area contributed by atoms with Crippen LogP contribution in [0.5, 0.6) is 0 Å². The third-order valence-electron chi connectivity index (χ3n) is 16.3. The highest BCUT2D eigenvalue weighted by Crippen LogP contribution is 2.45. The van der Waals surface area contributed by atoms with Crippen molar-refractivity contribution in [2.75, 3.05) is 39.6 Å². The van der Waals surface area contributed by atoms with Crippen LogP contribution in [0.25, 0.3) is 0 Å². The molecular formula is C85H142O17P2. The number of esters is 4. The number of ether oxygens (including phenoxy) is 4. The molecule has 0 spiro atoms. The Hall–Kier alpha value is -5.06. The molecule has 0 saturated carbocycles. The minimum absolute atomic E-state index is 0.0655. The van der Waals surface area contributed by atoms with Gasteiger partial charge in [0.15, 0.2) is 12.2 Å². The van der Waals surface area contributed by atoms with Gasteiger partial charge in [0, 0.05) is 25.7 Å². The minimum Gasteiger partial charge on any atom is -0.462 e. The normalized spacial score (nSPS) is 14.6. The maximum absolute atomic E-state index is 13.1. The smallest absolute Gasteiger partial charge is 0.462 e. The van der Waals surface area contributed by atoms with Crippen LogP contribution in [-0.4, -0.2) is 96.7 Å². The first-order valence-corrected chi connectivity index (χ1v) is 43.1. The van der Waals surface area contributed by atoms with Crippen molar-refractivity contribution in [2.45, 2.75) is 329 Å². The molecule has 0 heterocycles. The zero-order chi connectivity index (χ0) is 76.0. The summed E-state index contributed by atoms with van der Waals surface area (Å²) in [5, 5.41) is 10.6. The van der Waals surface area contributed by atoms with Gasteiger partial charge in [-0.3, -0.25) is 37.3 Å². The van der Waals surface area contributed by atoms with Gasteiger partial charge in [0.05, 0.1) is 26.4 Å². The Kier molecular flexibility index (Phi) is 72.4. The quantitative estimate of drug-likeness (QED) is 0.0169. The second-order valence-electron chi connectivity index (χ2n) is 26.2. The number of unbranched alkanes of at least 4 members (excludes halogenated alkanes) is 24. The molecule has 0 aliphatic carbocycles. The predicted octanol–water partition coefficient (Wildman–Crippen LogP) is 23.4. The molecule has 0 fully saturated rings. The van der Waals surface area contributed by atoms with E-state index in [1.54, 1.807) is 0 Å². The van der Waals surface area contributed by atoms with Crippen molar-refractivity contribution in [2.24, 2.45) is 0 Å². The van der Waals surface area contributed by atoms with E-state index in [-0.39, 0.29) is 25.7 Å². The Labute approximate surface area is 630 Å². The van der Waals surface area contributed by atoms with Crippen molar-refractivity contribution >= 4 is 39.5 Å². The standard InChI is InChI=1S/C85H142O17P2/c1-5-9-13-17-21-25-29-33-37-38-39-40-44-46-50-54-58-62-66-70-83(88)96-76-81(102-85(90)72-68-64-60-56-52-48-43-36-32-28-24-20-16-12-8-4)78-100-104(93,94)98-74-79(86)73-97-103(91,92)99-77-80(101-84(89)71-67-63-59-55-51-47-42-35-31-27-23-19-15-11-7-3)75-95-82(87)69-65-61-57-53-49-45-41-34-30-26-22-18-14-10-6-2/h10,12,14,16,21-28,33-37,39-43,49,53,79-81,86H,5-9,11,13,15,17-20,29-32,38,44-48,50-52,54-78H2,1-4H3,(H,91,92)(H,93,94)/b14-10-,16-12-,25-21-,26-22-,27-23-,28-24-,37-33-,40-39-,41-34-,42-35-,43-36-,53-49-. The van der Waals surface area contributed by atoms with E-state index in [0.717, 1.165) is 193 Å². The molecule has 0 saturated heterocycles. The molecule has 17 nitrogen and oxygen atoms in total.